The highest BCUT2D eigenvalue weighted by molar-refractivity contribution is 7.89. The number of rotatable bonds is 12. The van der Waals surface area contributed by atoms with Gasteiger partial charge in [0.15, 0.2) is 0 Å². The van der Waals surface area contributed by atoms with E-state index >= 15 is 0 Å². The van der Waals surface area contributed by atoms with Crippen LogP contribution in [0.1, 0.15) is 24.8 Å². The first-order valence-corrected chi connectivity index (χ1v) is 14.9. The number of carbonyl (C=O) groups is 1. The predicted octanol–water partition coefficient (Wildman–Crippen LogP) is 2.17. The third-order valence-electron chi connectivity index (χ3n) is 7.24. The molecule has 2 aromatic carbocycles. The average molecular weight is 562 g/mol. The van der Waals surface area contributed by atoms with Gasteiger partial charge in [-0.1, -0.05) is 30.3 Å². The molecular weight excluding hydrogens is 522 g/mol. The van der Waals surface area contributed by atoms with Gasteiger partial charge in [0.05, 0.1) is 37.4 Å². The van der Waals surface area contributed by atoms with Gasteiger partial charge in [0, 0.05) is 19.5 Å². The second-order valence-corrected chi connectivity index (χ2v) is 12.0. The molecule has 2 aliphatic heterocycles. The van der Waals surface area contributed by atoms with E-state index in [-0.39, 0.29) is 30.0 Å². The van der Waals surface area contributed by atoms with E-state index in [9.17, 15) is 18.3 Å². The van der Waals surface area contributed by atoms with Gasteiger partial charge in [-0.15, -0.1) is 0 Å². The highest BCUT2D eigenvalue weighted by Gasteiger charge is 2.33. The molecule has 0 spiro atoms. The van der Waals surface area contributed by atoms with E-state index in [0.29, 0.717) is 31.8 Å². The molecule has 2 aromatic rings. The fraction of sp³-hybridized carbons (Fsp3) is 0.536. The molecule has 214 valence electrons. The van der Waals surface area contributed by atoms with Crippen molar-refractivity contribution in [2.24, 2.45) is 5.92 Å². The lowest BCUT2D eigenvalue weighted by molar-refractivity contribution is 0.0638. The summed E-state index contributed by atoms with van der Waals surface area (Å²) in [6.45, 7) is 2.60. The van der Waals surface area contributed by atoms with Gasteiger partial charge in [-0.25, -0.2) is 13.2 Å². The van der Waals surface area contributed by atoms with Crippen molar-refractivity contribution >= 4 is 16.1 Å². The van der Waals surface area contributed by atoms with Gasteiger partial charge in [-0.2, -0.15) is 4.31 Å². The lowest BCUT2D eigenvalue weighted by atomic mass is 9.97. The number of amides is 1. The molecule has 4 rings (SSSR count). The zero-order valence-corrected chi connectivity index (χ0v) is 23.1. The molecule has 3 atom stereocenters. The number of alkyl carbamates (subject to hydrolysis) is 1. The minimum Gasteiger partial charge on any atom is -0.497 e. The minimum absolute atomic E-state index is 0.123. The monoisotopic (exact) mass is 561 g/mol. The second kappa shape index (κ2) is 14.1. The van der Waals surface area contributed by atoms with Crippen LogP contribution in [0.15, 0.2) is 59.5 Å². The number of methoxy groups -OCH3 is 1. The number of nitrogens with one attached hydrogen (secondary N) is 2. The fourth-order valence-electron chi connectivity index (χ4n) is 4.95. The van der Waals surface area contributed by atoms with Gasteiger partial charge >= 0.3 is 6.09 Å². The Kier molecular flexibility index (Phi) is 10.6. The molecule has 0 unspecified atom stereocenters. The summed E-state index contributed by atoms with van der Waals surface area (Å²) in [6, 6.07) is 14.9. The number of sulfonamides is 1. The van der Waals surface area contributed by atoms with Crippen molar-refractivity contribution in [3.63, 3.8) is 0 Å². The molecule has 11 heteroatoms. The first kappa shape index (κ1) is 29.3. The van der Waals surface area contributed by atoms with Crippen molar-refractivity contribution in [2.45, 2.75) is 48.8 Å². The van der Waals surface area contributed by atoms with E-state index in [1.54, 1.807) is 12.1 Å². The highest BCUT2D eigenvalue weighted by Crippen LogP contribution is 2.24. The molecule has 0 aromatic heterocycles. The van der Waals surface area contributed by atoms with E-state index in [0.717, 1.165) is 31.5 Å². The number of nitrogens with zero attached hydrogens (tertiary/aromatic N) is 1. The Morgan fingerprint density at radius 1 is 1.13 bits per heavy atom. The van der Waals surface area contributed by atoms with E-state index in [4.69, 9.17) is 14.2 Å². The number of hydrogen-bond donors (Lipinski definition) is 3. The molecule has 0 aliphatic carbocycles. The number of aliphatic hydroxyl groups is 1. The Morgan fingerprint density at radius 3 is 2.49 bits per heavy atom. The Bertz CT molecular complexity index is 1140. The van der Waals surface area contributed by atoms with Crippen LogP contribution in [0.4, 0.5) is 4.79 Å². The SMILES string of the molecule is COc1ccc(S(=O)(=O)N(CC2CCNCC2)C[C@@H](O)[C@H](Cc2ccccc2)NC(=O)O[C@H]2CCOC2)cc1. The standard InChI is InChI=1S/C28H39N3O7S/c1-36-23-7-9-25(10-8-23)39(34,35)31(18-22-11-14-29-15-12-22)19-27(32)26(17-21-5-3-2-4-6-21)30-28(33)38-24-13-16-37-20-24/h2-10,22,24,26-27,29,32H,11-20H2,1H3,(H,30,33)/t24-,26-,27+/m0/s1. The number of benzene rings is 2. The fourth-order valence-corrected chi connectivity index (χ4v) is 6.48. The minimum atomic E-state index is -3.94. The van der Waals surface area contributed by atoms with Crippen LogP contribution >= 0.6 is 0 Å². The van der Waals surface area contributed by atoms with Crippen molar-refractivity contribution in [2.75, 3.05) is 46.5 Å². The maximum Gasteiger partial charge on any atom is 0.407 e. The molecule has 10 nitrogen and oxygen atoms in total. The number of hydrogen-bond acceptors (Lipinski definition) is 8. The first-order valence-electron chi connectivity index (χ1n) is 13.5. The summed E-state index contributed by atoms with van der Waals surface area (Å²) in [7, 11) is -2.42. The molecule has 0 saturated carbocycles. The van der Waals surface area contributed by atoms with Gasteiger partial charge < -0.3 is 30.0 Å². The first-order chi connectivity index (χ1) is 18.8. The van der Waals surface area contributed by atoms with E-state index < -0.39 is 28.3 Å². The summed E-state index contributed by atoms with van der Waals surface area (Å²) < 4.78 is 44.9. The highest BCUT2D eigenvalue weighted by atomic mass is 32.2. The van der Waals surface area contributed by atoms with E-state index in [1.165, 1.54) is 23.5 Å². The van der Waals surface area contributed by atoms with Crippen LogP contribution < -0.4 is 15.4 Å². The smallest absolute Gasteiger partial charge is 0.407 e. The van der Waals surface area contributed by atoms with Crippen LogP contribution in [0.25, 0.3) is 0 Å². The molecule has 1 amide bonds. The maximum atomic E-state index is 13.8. The maximum absolute atomic E-state index is 13.8. The molecule has 0 bridgehead atoms. The Labute approximate surface area is 230 Å². The van der Waals surface area contributed by atoms with Crippen LogP contribution in [-0.4, -0.2) is 88.7 Å². The number of aliphatic hydroxyl groups excluding tert-OH is 1. The predicted molar refractivity (Wildman–Crippen MR) is 146 cm³/mol. The normalized spacial score (nSPS) is 19.9. The van der Waals surface area contributed by atoms with Crippen molar-refractivity contribution in [1.82, 2.24) is 14.9 Å². The summed E-state index contributed by atoms with van der Waals surface area (Å²) in [5.41, 5.74) is 0.897. The lowest BCUT2D eigenvalue weighted by Crippen LogP contribution is -2.52. The summed E-state index contributed by atoms with van der Waals surface area (Å²) in [5, 5.41) is 17.5. The van der Waals surface area contributed by atoms with Crippen LogP contribution in [0.5, 0.6) is 5.75 Å². The molecule has 2 saturated heterocycles. The summed E-state index contributed by atoms with van der Waals surface area (Å²) in [6.07, 6.45) is 0.413. The number of carbonyl (C=O) groups excluding carboxylic acids is 1. The van der Waals surface area contributed by atoms with Gasteiger partial charge in [0.1, 0.15) is 11.9 Å². The van der Waals surface area contributed by atoms with Crippen LogP contribution in [0, 0.1) is 5.92 Å². The molecule has 0 radical (unpaired) electrons. The number of piperidine rings is 1. The molecule has 2 heterocycles. The Balaban J connectivity index is 1.55. The van der Waals surface area contributed by atoms with Crippen molar-refractivity contribution < 1.29 is 32.5 Å². The average Bonchev–Trinajstić information content (AvgIpc) is 3.46. The number of ether oxygens (including phenoxy) is 3. The zero-order chi connectivity index (χ0) is 27.7. The second-order valence-electron chi connectivity index (χ2n) is 10.1. The van der Waals surface area contributed by atoms with Gasteiger partial charge in [-0.3, -0.25) is 0 Å². The van der Waals surface area contributed by atoms with Crippen LogP contribution in [0.2, 0.25) is 0 Å². The van der Waals surface area contributed by atoms with Crippen molar-refractivity contribution in [3.8, 4) is 5.75 Å². The topological polar surface area (TPSA) is 126 Å². The van der Waals surface area contributed by atoms with Crippen LogP contribution in [0.3, 0.4) is 0 Å². The molecule has 2 fully saturated rings. The largest absolute Gasteiger partial charge is 0.497 e. The molecule has 3 N–H and O–H groups in total. The zero-order valence-electron chi connectivity index (χ0n) is 22.3. The summed E-state index contributed by atoms with van der Waals surface area (Å²) in [4.78, 5) is 12.9. The van der Waals surface area contributed by atoms with Crippen molar-refractivity contribution in [1.29, 1.82) is 0 Å². The lowest BCUT2D eigenvalue weighted by Gasteiger charge is -2.33. The summed E-state index contributed by atoms with van der Waals surface area (Å²) in [5.74, 6) is 0.705. The van der Waals surface area contributed by atoms with E-state index in [1.807, 2.05) is 30.3 Å². The van der Waals surface area contributed by atoms with Gasteiger partial charge in [0.2, 0.25) is 10.0 Å². The Morgan fingerprint density at radius 2 is 1.85 bits per heavy atom. The molecule has 2 aliphatic rings. The quantitative estimate of drug-likeness (QED) is 0.360. The Hall–Kier alpha value is -2.70. The van der Waals surface area contributed by atoms with E-state index in [2.05, 4.69) is 10.6 Å². The van der Waals surface area contributed by atoms with Crippen molar-refractivity contribution in [3.05, 3.63) is 60.2 Å². The van der Waals surface area contributed by atoms with Gasteiger partial charge in [0.25, 0.3) is 0 Å². The summed E-state index contributed by atoms with van der Waals surface area (Å²) >= 11 is 0. The van der Waals surface area contributed by atoms with Crippen LogP contribution in [-0.2, 0) is 25.9 Å². The van der Waals surface area contributed by atoms with Gasteiger partial charge in [-0.05, 0) is 68.1 Å². The molecule has 39 heavy (non-hydrogen) atoms. The molecular formula is C28H39N3O7S. The third kappa shape index (κ3) is 8.39. The third-order valence-corrected chi connectivity index (χ3v) is 9.08.